The molecule has 0 aromatic carbocycles. The summed E-state index contributed by atoms with van der Waals surface area (Å²) in [6, 6.07) is 3.36. The zero-order valence-corrected chi connectivity index (χ0v) is 15.2. The Morgan fingerprint density at radius 1 is 1.26 bits per heavy atom. The molecule has 0 bridgehead atoms. The van der Waals surface area contributed by atoms with Crippen LogP contribution in [0.25, 0.3) is 11.3 Å². The number of pyridine rings is 2. The highest BCUT2D eigenvalue weighted by atomic mass is 35.5. The lowest BCUT2D eigenvalue weighted by molar-refractivity contribution is 0.0963. The van der Waals surface area contributed by atoms with Gasteiger partial charge in [0.15, 0.2) is 5.82 Å². The summed E-state index contributed by atoms with van der Waals surface area (Å²) >= 11 is 6.11. The van der Waals surface area contributed by atoms with Crippen LogP contribution in [-0.4, -0.2) is 44.9 Å². The summed E-state index contributed by atoms with van der Waals surface area (Å²) < 4.78 is 21.8. The van der Waals surface area contributed by atoms with Gasteiger partial charge in [0.1, 0.15) is 22.1 Å². The molecule has 1 amide bonds. The topological polar surface area (TPSA) is 101 Å². The number of nitrogens with one attached hydrogen (secondary N) is 2. The van der Waals surface area contributed by atoms with Gasteiger partial charge in [-0.1, -0.05) is 11.6 Å². The molecule has 0 fully saturated rings. The minimum absolute atomic E-state index is 0.0895. The van der Waals surface area contributed by atoms with Gasteiger partial charge in [0.2, 0.25) is 0 Å². The van der Waals surface area contributed by atoms with Gasteiger partial charge >= 0.3 is 0 Å². The Bertz CT molecular complexity index is 1150. The standard InChI is InChI=1S/C17H17ClN8O/c1-19-17(27)12-10(5-7-20-15(12)18)22-16-14-9(4-6-21-16)13-11(8-25(14)2)23-26(3)24-13/h4-7H,8H2,1-3H3,(H,19,27)(H,20,21,22)/i1D3. The van der Waals surface area contributed by atoms with Crippen LogP contribution in [0.2, 0.25) is 5.15 Å². The average molecular weight is 388 g/mol. The molecule has 4 heterocycles. The normalized spacial score (nSPS) is 14.5. The zero-order chi connectivity index (χ0) is 21.6. The number of aryl methyl sites for hydroxylation is 1. The van der Waals surface area contributed by atoms with Crippen molar-refractivity contribution in [3.63, 3.8) is 0 Å². The summed E-state index contributed by atoms with van der Waals surface area (Å²) in [5, 5.41) is 13.7. The molecule has 1 aliphatic heterocycles. The maximum atomic E-state index is 12.5. The second kappa shape index (κ2) is 6.51. The molecule has 3 aromatic heterocycles. The van der Waals surface area contributed by atoms with Crippen molar-refractivity contribution in [2.45, 2.75) is 6.54 Å². The van der Waals surface area contributed by atoms with Crippen molar-refractivity contribution in [2.24, 2.45) is 7.05 Å². The lowest BCUT2D eigenvalue weighted by atomic mass is 10.0. The van der Waals surface area contributed by atoms with Crippen LogP contribution in [0.1, 0.15) is 20.2 Å². The Morgan fingerprint density at radius 2 is 2.07 bits per heavy atom. The van der Waals surface area contributed by atoms with Gasteiger partial charge in [-0.25, -0.2) is 9.97 Å². The van der Waals surface area contributed by atoms with Crippen LogP contribution >= 0.6 is 11.6 Å². The molecule has 0 radical (unpaired) electrons. The molecule has 138 valence electrons. The van der Waals surface area contributed by atoms with E-state index in [1.165, 1.54) is 17.1 Å². The van der Waals surface area contributed by atoms with E-state index in [1.807, 2.05) is 23.3 Å². The number of nitrogens with zero attached hydrogens (tertiary/aromatic N) is 6. The smallest absolute Gasteiger partial charge is 0.256 e. The molecule has 2 N–H and O–H groups in total. The molecule has 0 spiro atoms. The van der Waals surface area contributed by atoms with Crippen LogP contribution in [0.15, 0.2) is 24.5 Å². The van der Waals surface area contributed by atoms with Crippen LogP contribution in [0.5, 0.6) is 0 Å². The van der Waals surface area contributed by atoms with Gasteiger partial charge in [0, 0.05) is 43.1 Å². The van der Waals surface area contributed by atoms with Crippen molar-refractivity contribution in [1.29, 1.82) is 0 Å². The fourth-order valence-corrected chi connectivity index (χ4v) is 3.38. The molecule has 0 saturated carbocycles. The van der Waals surface area contributed by atoms with E-state index in [2.05, 4.69) is 25.5 Å². The molecular weight excluding hydrogens is 368 g/mol. The van der Waals surface area contributed by atoms with Crippen LogP contribution in [0.4, 0.5) is 17.2 Å². The molecular formula is C17H17ClN8O. The van der Waals surface area contributed by atoms with E-state index in [0.29, 0.717) is 12.4 Å². The van der Waals surface area contributed by atoms with Gasteiger partial charge in [-0.15, -0.1) is 0 Å². The Balaban J connectivity index is 1.77. The predicted octanol–water partition coefficient (Wildman–Crippen LogP) is 1.98. The Kier molecular flexibility index (Phi) is 3.36. The SMILES string of the molecule is [2H]C([2H])([2H])NC(=O)c1c(Nc2nccc3c2N(C)Cc2nn(C)nc2-3)ccnc1Cl. The average Bonchev–Trinajstić information content (AvgIpc) is 3.00. The van der Waals surface area contributed by atoms with Crippen molar-refractivity contribution >= 4 is 34.7 Å². The van der Waals surface area contributed by atoms with Crippen LogP contribution in [0.3, 0.4) is 0 Å². The van der Waals surface area contributed by atoms with E-state index in [9.17, 15) is 4.79 Å². The highest BCUT2D eigenvalue weighted by molar-refractivity contribution is 6.33. The third-order valence-electron chi connectivity index (χ3n) is 4.23. The predicted molar refractivity (Wildman–Crippen MR) is 102 cm³/mol. The Hall–Kier alpha value is -3.20. The number of rotatable bonds is 3. The van der Waals surface area contributed by atoms with E-state index < -0.39 is 12.9 Å². The van der Waals surface area contributed by atoms with Crippen molar-refractivity contribution in [2.75, 3.05) is 24.2 Å². The van der Waals surface area contributed by atoms with E-state index in [0.717, 1.165) is 22.6 Å². The minimum Gasteiger partial charge on any atom is -0.365 e. The summed E-state index contributed by atoms with van der Waals surface area (Å²) in [5.41, 5.74) is 3.38. The highest BCUT2D eigenvalue weighted by Gasteiger charge is 2.27. The van der Waals surface area contributed by atoms with E-state index in [1.54, 1.807) is 13.2 Å². The summed E-state index contributed by atoms with van der Waals surface area (Å²) in [5.74, 6) is -0.415. The second-order valence-electron chi connectivity index (χ2n) is 6.00. The zero-order valence-electron chi connectivity index (χ0n) is 17.5. The Labute approximate surface area is 164 Å². The van der Waals surface area contributed by atoms with Gasteiger partial charge in [-0.05, 0) is 12.1 Å². The molecule has 27 heavy (non-hydrogen) atoms. The first-order chi connectivity index (χ1) is 14.1. The number of fused-ring (bicyclic) bond motifs is 3. The monoisotopic (exact) mass is 387 g/mol. The maximum Gasteiger partial charge on any atom is 0.256 e. The van der Waals surface area contributed by atoms with Crippen LogP contribution in [0, 0.1) is 0 Å². The third-order valence-corrected chi connectivity index (χ3v) is 4.52. The van der Waals surface area contributed by atoms with E-state index in [-0.39, 0.29) is 16.4 Å². The first-order valence-corrected chi connectivity index (χ1v) is 8.36. The van der Waals surface area contributed by atoms with Crippen molar-refractivity contribution in [3.05, 3.63) is 40.9 Å². The largest absolute Gasteiger partial charge is 0.365 e. The molecule has 1 aliphatic rings. The van der Waals surface area contributed by atoms with Gasteiger partial charge < -0.3 is 15.5 Å². The fourth-order valence-electron chi connectivity index (χ4n) is 3.14. The highest BCUT2D eigenvalue weighted by Crippen LogP contribution is 2.41. The number of amides is 1. The van der Waals surface area contributed by atoms with Gasteiger partial charge in [0.25, 0.3) is 5.91 Å². The number of anilines is 3. The lowest BCUT2D eigenvalue weighted by Crippen LogP contribution is -2.24. The van der Waals surface area contributed by atoms with E-state index >= 15 is 0 Å². The first-order valence-electron chi connectivity index (χ1n) is 9.49. The number of carbonyl (C=O) groups excluding carboxylic acids is 1. The molecule has 10 heteroatoms. The van der Waals surface area contributed by atoms with Crippen molar-refractivity contribution < 1.29 is 8.91 Å². The maximum absolute atomic E-state index is 12.5. The Morgan fingerprint density at radius 3 is 2.89 bits per heavy atom. The third kappa shape index (κ3) is 2.85. The van der Waals surface area contributed by atoms with Gasteiger partial charge in [-0.3, -0.25) is 4.79 Å². The molecule has 0 saturated heterocycles. The molecule has 3 aromatic rings. The van der Waals surface area contributed by atoms with E-state index in [4.69, 9.17) is 15.7 Å². The second-order valence-corrected chi connectivity index (χ2v) is 6.36. The summed E-state index contributed by atoms with van der Waals surface area (Å²) in [6.07, 6.45) is 3.03. The number of hydrogen-bond acceptors (Lipinski definition) is 7. The quantitative estimate of drug-likeness (QED) is 0.662. The van der Waals surface area contributed by atoms with Gasteiger partial charge in [-0.2, -0.15) is 15.0 Å². The summed E-state index contributed by atoms with van der Waals surface area (Å²) in [4.78, 5) is 24.3. The lowest BCUT2D eigenvalue weighted by Gasteiger charge is -2.28. The number of aromatic nitrogens is 5. The molecule has 4 rings (SSSR count). The molecule has 0 aliphatic carbocycles. The first kappa shape index (κ1) is 13.9. The summed E-state index contributed by atoms with van der Waals surface area (Å²) in [6.45, 7) is -2.14. The number of carbonyl (C=O) groups is 1. The van der Waals surface area contributed by atoms with Crippen LogP contribution in [-0.2, 0) is 13.6 Å². The van der Waals surface area contributed by atoms with Crippen molar-refractivity contribution in [3.8, 4) is 11.3 Å². The van der Waals surface area contributed by atoms with Crippen LogP contribution < -0.4 is 15.5 Å². The molecule has 0 unspecified atom stereocenters. The van der Waals surface area contributed by atoms with Gasteiger partial charge in [0.05, 0.1) is 17.9 Å². The minimum atomic E-state index is -2.67. The number of hydrogen-bond donors (Lipinski definition) is 2. The number of halogens is 1. The summed E-state index contributed by atoms with van der Waals surface area (Å²) in [7, 11) is 3.65. The molecule has 0 atom stereocenters. The molecule has 9 nitrogen and oxygen atoms in total. The fraction of sp³-hybridized carbons (Fsp3) is 0.235. The van der Waals surface area contributed by atoms with Crippen molar-refractivity contribution in [1.82, 2.24) is 30.3 Å².